The fraction of sp³-hybridized carbons (Fsp3) is 0.0952. The van der Waals surface area contributed by atoms with Gasteiger partial charge < -0.3 is 15.4 Å². The number of carboxylic acids is 1. The molecule has 0 spiro atoms. The number of hydrogen-bond acceptors (Lipinski definition) is 5. The molecule has 4 rings (SSSR count). The number of pyridine rings is 1. The third-order valence-electron chi connectivity index (χ3n) is 4.23. The van der Waals surface area contributed by atoms with E-state index in [2.05, 4.69) is 20.4 Å². The standard InChI is InChI=1S/C19H14N6O.C2HF3O2/c20-7-4-18(26)24-15-3-1-2-13(10-15)14-11-23-25(12-14)17-6-9-22-19-16(17)5-8-21-19;3-2(4,5)1(6)7/h1-3,5-6,8-12H,4H2,(H,21,22)(H,24,26);(H,6,7). The van der Waals surface area contributed by atoms with Crippen molar-refractivity contribution in [3.05, 3.63) is 61.2 Å². The highest BCUT2D eigenvalue weighted by Crippen LogP contribution is 2.25. The number of H-pyrrole nitrogens is 1. The second-order valence-corrected chi connectivity index (χ2v) is 6.51. The minimum Gasteiger partial charge on any atom is -0.475 e. The average Bonchev–Trinajstić information content (AvgIpc) is 3.43. The zero-order valence-electron chi connectivity index (χ0n) is 16.7. The van der Waals surface area contributed by atoms with Crippen molar-refractivity contribution >= 4 is 28.6 Å². The van der Waals surface area contributed by atoms with Crippen LogP contribution in [0.25, 0.3) is 27.8 Å². The van der Waals surface area contributed by atoms with Gasteiger partial charge in [0.1, 0.15) is 12.1 Å². The van der Waals surface area contributed by atoms with E-state index in [-0.39, 0.29) is 12.3 Å². The predicted octanol–water partition coefficient (Wildman–Crippen LogP) is 3.90. The molecule has 1 amide bonds. The minimum atomic E-state index is -5.08. The summed E-state index contributed by atoms with van der Waals surface area (Å²) in [5.74, 6) is -3.08. The molecule has 3 heterocycles. The van der Waals surface area contributed by atoms with Gasteiger partial charge in [-0.2, -0.15) is 23.5 Å². The number of carbonyl (C=O) groups excluding carboxylic acids is 1. The molecule has 0 aliphatic carbocycles. The Hall–Kier alpha value is -4.66. The van der Waals surface area contributed by atoms with Crippen molar-refractivity contribution in [2.75, 3.05) is 5.32 Å². The first-order valence-electron chi connectivity index (χ1n) is 9.23. The largest absolute Gasteiger partial charge is 0.490 e. The normalized spacial score (nSPS) is 10.7. The number of rotatable bonds is 4. The third kappa shape index (κ3) is 5.73. The summed E-state index contributed by atoms with van der Waals surface area (Å²) in [7, 11) is 0. The maximum absolute atomic E-state index is 11.6. The second-order valence-electron chi connectivity index (χ2n) is 6.51. The minimum absolute atomic E-state index is 0.170. The number of nitriles is 1. The van der Waals surface area contributed by atoms with E-state index in [0.29, 0.717) is 5.69 Å². The van der Waals surface area contributed by atoms with Crippen LogP contribution in [-0.2, 0) is 9.59 Å². The highest BCUT2D eigenvalue weighted by molar-refractivity contribution is 5.92. The quantitative estimate of drug-likeness (QED) is 0.426. The number of anilines is 1. The summed E-state index contributed by atoms with van der Waals surface area (Å²) in [5.41, 5.74) is 4.22. The number of aromatic amines is 1. The van der Waals surface area contributed by atoms with Gasteiger partial charge in [-0.05, 0) is 29.8 Å². The first-order chi connectivity index (χ1) is 15.7. The Labute approximate surface area is 184 Å². The van der Waals surface area contributed by atoms with Gasteiger partial charge in [0.05, 0.1) is 18.0 Å². The summed E-state index contributed by atoms with van der Waals surface area (Å²) in [4.78, 5) is 27.9. The van der Waals surface area contributed by atoms with Crippen molar-refractivity contribution in [2.24, 2.45) is 0 Å². The number of halogens is 3. The number of aliphatic carboxylic acids is 1. The molecule has 0 aliphatic rings. The SMILES string of the molecule is N#CCC(=O)Nc1cccc(-c2cnn(-c3ccnc4[nH]ccc34)c2)c1.O=C(O)C(F)(F)F. The summed E-state index contributed by atoms with van der Waals surface area (Å²) in [6.45, 7) is 0. The molecule has 168 valence electrons. The Morgan fingerprint density at radius 3 is 2.67 bits per heavy atom. The Kier molecular flexibility index (Phi) is 6.73. The lowest BCUT2D eigenvalue weighted by atomic mass is 10.1. The van der Waals surface area contributed by atoms with Crippen LogP contribution in [0.2, 0.25) is 0 Å². The number of alkyl halides is 3. The van der Waals surface area contributed by atoms with Crippen molar-refractivity contribution in [3.63, 3.8) is 0 Å². The molecule has 0 radical (unpaired) electrons. The number of aromatic nitrogens is 4. The van der Waals surface area contributed by atoms with E-state index in [1.807, 2.05) is 48.8 Å². The van der Waals surface area contributed by atoms with Gasteiger partial charge in [-0.3, -0.25) is 4.79 Å². The van der Waals surface area contributed by atoms with Gasteiger partial charge >= 0.3 is 12.1 Å². The number of hydrogen-bond donors (Lipinski definition) is 3. The fourth-order valence-electron chi connectivity index (χ4n) is 2.80. The fourth-order valence-corrected chi connectivity index (χ4v) is 2.80. The van der Waals surface area contributed by atoms with Crippen LogP contribution in [-0.4, -0.2) is 42.9 Å². The molecule has 4 aromatic rings. The van der Waals surface area contributed by atoms with Crippen LogP contribution in [0, 0.1) is 11.3 Å². The van der Waals surface area contributed by atoms with Crippen LogP contribution in [0.15, 0.2) is 61.2 Å². The molecule has 0 saturated carbocycles. The highest BCUT2D eigenvalue weighted by Gasteiger charge is 2.38. The van der Waals surface area contributed by atoms with Gasteiger partial charge in [-0.1, -0.05) is 12.1 Å². The summed E-state index contributed by atoms with van der Waals surface area (Å²) >= 11 is 0. The molecule has 0 saturated heterocycles. The lowest BCUT2D eigenvalue weighted by Crippen LogP contribution is -2.21. The van der Waals surface area contributed by atoms with Crippen LogP contribution in [0.4, 0.5) is 18.9 Å². The van der Waals surface area contributed by atoms with Crippen LogP contribution in [0.3, 0.4) is 0 Å². The number of carbonyl (C=O) groups is 2. The van der Waals surface area contributed by atoms with E-state index in [1.165, 1.54) is 0 Å². The van der Waals surface area contributed by atoms with E-state index in [9.17, 15) is 18.0 Å². The molecule has 3 N–H and O–H groups in total. The molecule has 0 fully saturated rings. The van der Waals surface area contributed by atoms with E-state index in [0.717, 1.165) is 27.8 Å². The number of nitrogens with one attached hydrogen (secondary N) is 2. The smallest absolute Gasteiger partial charge is 0.475 e. The number of amides is 1. The van der Waals surface area contributed by atoms with Gasteiger partial charge in [0.25, 0.3) is 0 Å². The number of benzene rings is 1. The lowest BCUT2D eigenvalue weighted by Gasteiger charge is -2.05. The molecule has 0 aliphatic heterocycles. The number of nitrogens with zero attached hydrogens (tertiary/aromatic N) is 4. The Morgan fingerprint density at radius 1 is 1.21 bits per heavy atom. The van der Waals surface area contributed by atoms with Crippen molar-refractivity contribution < 1.29 is 27.9 Å². The maximum Gasteiger partial charge on any atom is 0.490 e. The molecule has 33 heavy (non-hydrogen) atoms. The monoisotopic (exact) mass is 456 g/mol. The van der Waals surface area contributed by atoms with E-state index >= 15 is 0 Å². The molecular formula is C21H15F3N6O3. The molecule has 0 unspecified atom stereocenters. The number of fused-ring (bicyclic) bond motifs is 1. The van der Waals surface area contributed by atoms with E-state index in [4.69, 9.17) is 15.2 Å². The summed E-state index contributed by atoms with van der Waals surface area (Å²) in [6.07, 6.45) is 2.03. The Balaban J connectivity index is 0.000000383. The lowest BCUT2D eigenvalue weighted by molar-refractivity contribution is -0.192. The highest BCUT2D eigenvalue weighted by atomic mass is 19.4. The molecule has 0 atom stereocenters. The predicted molar refractivity (Wildman–Crippen MR) is 111 cm³/mol. The number of carboxylic acid groups (broad SMARTS) is 1. The Morgan fingerprint density at radius 2 is 1.97 bits per heavy atom. The summed E-state index contributed by atoms with van der Waals surface area (Å²) < 4.78 is 33.5. The molecule has 3 aromatic heterocycles. The van der Waals surface area contributed by atoms with Gasteiger partial charge in [-0.25, -0.2) is 14.5 Å². The maximum atomic E-state index is 11.6. The molecular weight excluding hydrogens is 441 g/mol. The zero-order chi connectivity index (χ0) is 24.0. The van der Waals surface area contributed by atoms with Crippen LogP contribution in [0.1, 0.15) is 6.42 Å². The van der Waals surface area contributed by atoms with Gasteiger partial charge in [0.15, 0.2) is 0 Å². The summed E-state index contributed by atoms with van der Waals surface area (Å²) in [6, 6.07) is 13.1. The summed E-state index contributed by atoms with van der Waals surface area (Å²) in [5, 5.41) is 23.9. The molecule has 0 bridgehead atoms. The second kappa shape index (κ2) is 9.65. The van der Waals surface area contributed by atoms with Crippen molar-refractivity contribution in [2.45, 2.75) is 12.6 Å². The van der Waals surface area contributed by atoms with Crippen LogP contribution < -0.4 is 5.32 Å². The zero-order valence-corrected chi connectivity index (χ0v) is 16.7. The Bertz CT molecular complexity index is 1340. The van der Waals surface area contributed by atoms with Gasteiger partial charge in [-0.15, -0.1) is 0 Å². The molecule has 12 heteroatoms. The molecule has 1 aromatic carbocycles. The first kappa shape index (κ1) is 23.0. The van der Waals surface area contributed by atoms with Crippen molar-refractivity contribution in [1.82, 2.24) is 19.7 Å². The first-order valence-corrected chi connectivity index (χ1v) is 9.23. The average molecular weight is 456 g/mol. The van der Waals surface area contributed by atoms with Gasteiger partial charge in [0.2, 0.25) is 5.91 Å². The molecule has 9 nitrogen and oxygen atoms in total. The van der Waals surface area contributed by atoms with Crippen LogP contribution in [0.5, 0.6) is 0 Å². The van der Waals surface area contributed by atoms with E-state index < -0.39 is 12.1 Å². The third-order valence-corrected chi connectivity index (χ3v) is 4.23. The van der Waals surface area contributed by atoms with Crippen molar-refractivity contribution in [1.29, 1.82) is 5.26 Å². The topological polar surface area (TPSA) is 137 Å². The van der Waals surface area contributed by atoms with E-state index in [1.54, 1.807) is 23.1 Å². The van der Waals surface area contributed by atoms with Crippen LogP contribution >= 0.6 is 0 Å². The van der Waals surface area contributed by atoms with Crippen molar-refractivity contribution in [3.8, 4) is 22.9 Å². The van der Waals surface area contributed by atoms with Gasteiger partial charge in [0, 0.05) is 35.2 Å².